The molecule has 0 bridgehead atoms. The first-order valence-corrected chi connectivity index (χ1v) is 5.47. The Morgan fingerprint density at radius 1 is 1.00 bits per heavy atom. The van der Waals surface area contributed by atoms with Crippen LogP contribution in [0.2, 0.25) is 0 Å². The Labute approximate surface area is 107 Å². The first kappa shape index (κ1) is 13.4. The number of ether oxygens (including phenoxy) is 1. The van der Waals surface area contributed by atoms with Crippen LogP contribution in [0.3, 0.4) is 0 Å². The van der Waals surface area contributed by atoms with Crippen molar-refractivity contribution in [2.24, 2.45) is 0 Å². The Morgan fingerprint density at radius 2 is 1.74 bits per heavy atom. The second-order valence-corrected chi connectivity index (χ2v) is 4.06. The summed E-state index contributed by atoms with van der Waals surface area (Å²) in [6.07, 6.45) is -4.45. The number of halogens is 4. The summed E-state index contributed by atoms with van der Waals surface area (Å²) in [5.74, 6) is -0.778. The van der Waals surface area contributed by atoms with Crippen LogP contribution in [0, 0.1) is 12.7 Å². The smallest absolute Gasteiger partial charge is 0.416 e. The molecule has 0 fully saturated rings. The van der Waals surface area contributed by atoms with Crippen LogP contribution in [0.25, 0.3) is 0 Å². The lowest BCUT2D eigenvalue weighted by Gasteiger charge is -2.10. The van der Waals surface area contributed by atoms with Gasteiger partial charge in [0.1, 0.15) is 5.75 Å². The van der Waals surface area contributed by atoms with E-state index >= 15 is 0 Å². The van der Waals surface area contributed by atoms with E-state index < -0.39 is 17.6 Å². The third-order valence-corrected chi connectivity index (χ3v) is 2.48. The molecule has 0 atom stereocenters. The van der Waals surface area contributed by atoms with E-state index in [1.165, 1.54) is 24.3 Å². The highest BCUT2D eigenvalue weighted by molar-refractivity contribution is 5.36. The van der Waals surface area contributed by atoms with Crippen molar-refractivity contribution in [3.05, 3.63) is 59.4 Å². The molecule has 0 N–H and O–H groups in total. The molecule has 0 aromatic heterocycles. The van der Waals surface area contributed by atoms with Crippen LogP contribution < -0.4 is 4.74 Å². The van der Waals surface area contributed by atoms with Crippen molar-refractivity contribution in [1.29, 1.82) is 0 Å². The summed E-state index contributed by atoms with van der Waals surface area (Å²) >= 11 is 0. The summed E-state index contributed by atoms with van der Waals surface area (Å²) in [4.78, 5) is 0. The number of benzene rings is 2. The van der Waals surface area contributed by atoms with Crippen LogP contribution in [0.4, 0.5) is 17.6 Å². The van der Waals surface area contributed by atoms with Gasteiger partial charge < -0.3 is 4.74 Å². The standard InChI is InChI=1S/C14H10F4O/c1-9-5-6-13(12(15)7-9)19-11-4-2-3-10(8-11)14(16,17)18/h2-8H,1H3. The highest BCUT2D eigenvalue weighted by Crippen LogP contribution is 2.33. The summed E-state index contributed by atoms with van der Waals surface area (Å²) in [6.45, 7) is 1.71. The van der Waals surface area contributed by atoms with E-state index in [9.17, 15) is 17.6 Å². The average Bonchev–Trinajstić information content (AvgIpc) is 2.32. The zero-order valence-corrected chi connectivity index (χ0v) is 9.96. The summed E-state index contributed by atoms with van der Waals surface area (Å²) in [5.41, 5.74) is -0.133. The normalized spacial score (nSPS) is 11.4. The molecule has 0 aliphatic rings. The molecule has 2 aromatic carbocycles. The maximum absolute atomic E-state index is 13.5. The van der Waals surface area contributed by atoms with Crippen molar-refractivity contribution in [1.82, 2.24) is 0 Å². The van der Waals surface area contributed by atoms with Gasteiger partial charge in [-0.3, -0.25) is 0 Å². The molecule has 5 heteroatoms. The molecule has 0 radical (unpaired) electrons. The van der Waals surface area contributed by atoms with Gasteiger partial charge in [-0.2, -0.15) is 13.2 Å². The van der Waals surface area contributed by atoms with E-state index in [-0.39, 0.29) is 11.5 Å². The Bertz CT molecular complexity index is 590. The number of hydrogen-bond donors (Lipinski definition) is 0. The molecule has 2 rings (SSSR count). The highest BCUT2D eigenvalue weighted by atomic mass is 19.4. The van der Waals surface area contributed by atoms with E-state index in [2.05, 4.69) is 0 Å². The lowest BCUT2D eigenvalue weighted by atomic mass is 10.2. The maximum atomic E-state index is 13.5. The summed E-state index contributed by atoms with van der Waals surface area (Å²) in [6, 6.07) is 8.57. The van der Waals surface area contributed by atoms with Crippen molar-refractivity contribution in [3.63, 3.8) is 0 Å². The molecule has 0 heterocycles. The topological polar surface area (TPSA) is 9.23 Å². The third kappa shape index (κ3) is 3.24. The van der Waals surface area contributed by atoms with Gasteiger partial charge in [-0.05, 0) is 42.8 Å². The van der Waals surface area contributed by atoms with Crippen LogP contribution >= 0.6 is 0 Å². The Hall–Kier alpha value is -2.04. The van der Waals surface area contributed by atoms with Gasteiger partial charge in [0.2, 0.25) is 0 Å². The molecule has 2 aromatic rings. The number of alkyl halides is 3. The SMILES string of the molecule is Cc1ccc(Oc2cccc(C(F)(F)F)c2)c(F)c1. The maximum Gasteiger partial charge on any atom is 0.416 e. The zero-order chi connectivity index (χ0) is 14.0. The zero-order valence-electron chi connectivity index (χ0n) is 9.96. The van der Waals surface area contributed by atoms with Crippen molar-refractivity contribution >= 4 is 0 Å². The fraction of sp³-hybridized carbons (Fsp3) is 0.143. The molecular weight excluding hydrogens is 260 g/mol. The molecule has 0 saturated carbocycles. The van der Waals surface area contributed by atoms with Crippen LogP contribution in [-0.2, 0) is 6.18 Å². The van der Waals surface area contributed by atoms with E-state index in [4.69, 9.17) is 4.74 Å². The number of aryl methyl sites for hydroxylation is 1. The molecule has 0 spiro atoms. The molecule has 0 unspecified atom stereocenters. The minimum absolute atomic E-state index is 0.0578. The van der Waals surface area contributed by atoms with E-state index in [1.54, 1.807) is 13.0 Å². The van der Waals surface area contributed by atoms with Crippen molar-refractivity contribution in [3.8, 4) is 11.5 Å². The largest absolute Gasteiger partial charge is 0.454 e. The van der Waals surface area contributed by atoms with Crippen LogP contribution in [0.1, 0.15) is 11.1 Å². The van der Waals surface area contributed by atoms with Crippen molar-refractivity contribution < 1.29 is 22.3 Å². The molecule has 0 aliphatic carbocycles. The second-order valence-electron chi connectivity index (χ2n) is 4.06. The van der Waals surface area contributed by atoms with E-state index in [1.807, 2.05) is 0 Å². The lowest BCUT2D eigenvalue weighted by Crippen LogP contribution is -2.04. The summed E-state index contributed by atoms with van der Waals surface area (Å²) in [7, 11) is 0. The Kier molecular flexibility index (Phi) is 3.46. The molecule has 0 amide bonds. The molecule has 19 heavy (non-hydrogen) atoms. The number of hydrogen-bond acceptors (Lipinski definition) is 1. The van der Waals surface area contributed by atoms with Crippen molar-refractivity contribution in [2.75, 3.05) is 0 Å². The predicted molar refractivity (Wildman–Crippen MR) is 62.7 cm³/mol. The quantitative estimate of drug-likeness (QED) is 0.702. The van der Waals surface area contributed by atoms with Gasteiger partial charge in [-0.1, -0.05) is 12.1 Å². The van der Waals surface area contributed by atoms with Crippen molar-refractivity contribution in [2.45, 2.75) is 13.1 Å². The van der Waals surface area contributed by atoms with Gasteiger partial charge in [0.25, 0.3) is 0 Å². The van der Waals surface area contributed by atoms with E-state index in [0.717, 1.165) is 12.1 Å². The molecular formula is C14H10F4O. The van der Waals surface area contributed by atoms with E-state index in [0.29, 0.717) is 5.56 Å². The van der Waals surface area contributed by atoms with Gasteiger partial charge in [0.15, 0.2) is 11.6 Å². The van der Waals surface area contributed by atoms with Crippen LogP contribution in [0.5, 0.6) is 11.5 Å². The summed E-state index contributed by atoms with van der Waals surface area (Å²) < 4.78 is 56.2. The molecule has 0 saturated heterocycles. The molecule has 1 nitrogen and oxygen atoms in total. The summed E-state index contributed by atoms with van der Waals surface area (Å²) in [5, 5.41) is 0. The second kappa shape index (κ2) is 4.91. The fourth-order valence-corrected chi connectivity index (χ4v) is 1.55. The third-order valence-electron chi connectivity index (χ3n) is 2.48. The van der Waals surface area contributed by atoms with Gasteiger partial charge in [0, 0.05) is 0 Å². The highest BCUT2D eigenvalue weighted by Gasteiger charge is 2.30. The first-order chi connectivity index (χ1) is 8.86. The van der Waals surface area contributed by atoms with Crippen LogP contribution in [0.15, 0.2) is 42.5 Å². The monoisotopic (exact) mass is 270 g/mol. The van der Waals surface area contributed by atoms with Crippen LogP contribution in [-0.4, -0.2) is 0 Å². The Balaban J connectivity index is 2.29. The van der Waals surface area contributed by atoms with Gasteiger partial charge in [-0.25, -0.2) is 4.39 Å². The van der Waals surface area contributed by atoms with Gasteiger partial charge in [0.05, 0.1) is 5.56 Å². The lowest BCUT2D eigenvalue weighted by molar-refractivity contribution is -0.137. The first-order valence-electron chi connectivity index (χ1n) is 5.47. The Morgan fingerprint density at radius 3 is 2.37 bits per heavy atom. The molecule has 100 valence electrons. The van der Waals surface area contributed by atoms with Gasteiger partial charge >= 0.3 is 6.18 Å². The predicted octanol–water partition coefficient (Wildman–Crippen LogP) is 4.95. The average molecular weight is 270 g/mol. The minimum Gasteiger partial charge on any atom is -0.454 e. The minimum atomic E-state index is -4.45. The number of rotatable bonds is 2. The van der Waals surface area contributed by atoms with Gasteiger partial charge in [-0.15, -0.1) is 0 Å². The molecule has 0 aliphatic heterocycles. The fourth-order valence-electron chi connectivity index (χ4n) is 1.55.